The summed E-state index contributed by atoms with van der Waals surface area (Å²) in [6, 6.07) is 9.64. The van der Waals surface area contributed by atoms with E-state index in [2.05, 4.69) is 10.1 Å². The molecule has 1 aromatic carbocycles. The van der Waals surface area contributed by atoms with E-state index in [-0.39, 0.29) is 0 Å². The van der Waals surface area contributed by atoms with E-state index in [4.69, 9.17) is 16.3 Å². The molecular formula is C13H10ClN3O. The quantitative estimate of drug-likeness (QED) is 0.710. The van der Waals surface area contributed by atoms with Crippen molar-refractivity contribution >= 4 is 17.1 Å². The number of nitrogens with zero attached hydrogens (tertiary/aromatic N) is 3. The molecule has 0 aliphatic rings. The van der Waals surface area contributed by atoms with Crippen LogP contribution >= 0.6 is 11.6 Å². The van der Waals surface area contributed by atoms with Gasteiger partial charge >= 0.3 is 0 Å². The highest BCUT2D eigenvalue weighted by molar-refractivity contribution is 6.32. The number of benzene rings is 1. The Bertz CT molecular complexity index is 708. The third-order valence-corrected chi connectivity index (χ3v) is 3.00. The van der Waals surface area contributed by atoms with Gasteiger partial charge < -0.3 is 4.74 Å². The molecule has 2 heterocycles. The van der Waals surface area contributed by atoms with Crippen LogP contribution in [0.3, 0.4) is 0 Å². The van der Waals surface area contributed by atoms with Crippen LogP contribution in [0.15, 0.2) is 42.7 Å². The van der Waals surface area contributed by atoms with Crippen LogP contribution in [0.5, 0.6) is 5.75 Å². The molecule has 0 unspecified atom stereocenters. The van der Waals surface area contributed by atoms with E-state index >= 15 is 0 Å². The first-order chi connectivity index (χ1) is 8.78. The Kier molecular flexibility index (Phi) is 2.64. The van der Waals surface area contributed by atoms with E-state index in [1.54, 1.807) is 24.0 Å². The second-order valence-electron chi connectivity index (χ2n) is 3.81. The first kappa shape index (κ1) is 11.0. The van der Waals surface area contributed by atoms with Crippen LogP contribution in [0, 0.1) is 0 Å². The van der Waals surface area contributed by atoms with Gasteiger partial charge in [-0.1, -0.05) is 23.7 Å². The first-order valence-electron chi connectivity index (χ1n) is 5.42. The lowest BCUT2D eigenvalue weighted by atomic mass is 10.1. The first-order valence-corrected chi connectivity index (χ1v) is 5.80. The highest BCUT2D eigenvalue weighted by Crippen LogP contribution is 2.25. The molecule has 90 valence electrons. The van der Waals surface area contributed by atoms with Crippen molar-refractivity contribution in [1.29, 1.82) is 0 Å². The molecule has 0 aliphatic heterocycles. The van der Waals surface area contributed by atoms with Crippen molar-refractivity contribution in [2.24, 2.45) is 0 Å². The van der Waals surface area contributed by atoms with Gasteiger partial charge in [-0.05, 0) is 18.2 Å². The molecule has 0 radical (unpaired) electrons. The van der Waals surface area contributed by atoms with E-state index < -0.39 is 0 Å². The highest BCUT2D eigenvalue weighted by atomic mass is 35.5. The lowest BCUT2D eigenvalue weighted by molar-refractivity contribution is 0.415. The van der Waals surface area contributed by atoms with Gasteiger partial charge in [0.15, 0.2) is 5.15 Å². The summed E-state index contributed by atoms with van der Waals surface area (Å²) in [6.07, 6.45) is 3.39. The summed E-state index contributed by atoms with van der Waals surface area (Å²) >= 11 is 6.02. The van der Waals surface area contributed by atoms with E-state index in [9.17, 15) is 0 Å². The van der Waals surface area contributed by atoms with Gasteiger partial charge in [0.1, 0.15) is 11.3 Å². The van der Waals surface area contributed by atoms with E-state index in [1.807, 2.05) is 30.3 Å². The van der Waals surface area contributed by atoms with E-state index in [0.29, 0.717) is 5.15 Å². The van der Waals surface area contributed by atoms with Gasteiger partial charge in [0.25, 0.3) is 0 Å². The average molecular weight is 260 g/mol. The van der Waals surface area contributed by atoms with Crippen LogP contribution in [-0.4, -0.2) is 21.7 Å². The predicted octanol–water partition coefficient (Wildman–Crippen LogP) is 3.06. The summed E-state index contributed by atoms with van der Waals surface area (Å²) in [4.78, 5) is 4.03. The molecule has 0 aliphatic carbocycles. The molecular weight excluding hydrogens is 250 g/mol. The number of fused-ring (bicyclic) bond motifs is 1. The second-order valence-corrected chi connectivity index (χ2v) is 4.17. The zero-order valence-corrected chi connectivity index (χ0v) is 10.4. The monoisotopic (exact) mass is 259 g/mol. The number of halogens is 1. The van der Waals surface area contributed by atoms with Crippen molar-refractivity contribution in [3.63, 3.8) is 0 Å². The van der Waals surface area contributed by atoms with Gasteiger partial charge in [0, 0.05) is 18.0 Å². The lowest BCUT2D eigenvalue weighted by Crippen LogP contribution is -1.88. The van der Waals surface area contributed by atoms with Crippen molar-refractivity contribution in [1.82, 2.24) is 14.6 Å². The molecule has 0 saturated heterocycles. The largest absolute Gasteiger partial charge is 0.497 e. The van der Waals surface area contributed by atoms with Crippen molar-refractivity contribution in [3.05, 3.63) is 47.9 Å². The fraction of sp³-hybridized carbons (Fsp3) is 0.0769. The van der Waals surface area contributed by atoms with Gasteiger partial charge in [-0.25, -0.2) is 9.50 Å². The molecule has 0 bridgehead atoms. The number of aromatic nitrogens is 3. The number of hydrogen-bond acceptors (Lipinski definition) is 3. The Labute approximate surface area is 109 Å². The van der Waals surface area contributed by atoms with E-state index in [0.717, 1.165) is 22.5 Å². The topological polar surface area (TPSA) is 39.4 Å². The molecule has 0 amide bonds. The molecule has 2 aromatic heterocycles. The molecule has 0 atom stereocenters. The van der Waals surface area contributed by atoms with Crippen molar-refractivity contribution in [3.8, 4) is 17.0 Å². The van der Waals surface area contributed by atoms with Crippen LogP contribution in [-0.2, 0) is 0 Å². The lowest BCUT2D eigenvalue weighted by Gasteiger charge is -2.00. The molecule has 3 aromatic rings. The summed E-state index contributed by atoms with van der Waals surface area (Å²) in [5, 5.41) is 4.90. The molecule has 3 rings (SSSR count). The number of rotatable bonds is 2. The minimum Gasteiger partial charge on any atom is -0.497 e. The molecule has 0 spiro atoms. The fourth-order valence-corrected chi connectivity index (χ4v) is 2.01. The Morgan fingerprint density at radius 3 is 2.94 bits per heavy atom. The summed E-state index contributed by atoms with van der Waals surface area (Å²) in [7, 11) is 1.64. The van der Waals surface area contributed by atoms with Crippen molar-refractivity contribution in [2.75, 3.05) is 7.11 Å². The van der Waals surface area contributed by atoms with Gasteiger partial charge in [0.05, 0.1) is 12.8 Å². The summed E-state index contributed by atoms with van der Waals surface area (Å²) in [5.41, 5.74) is 2.61. The summed E-state index contributed by atoms with van der Waals surface area (Å²) < 4.78 is 6.91. The molecule has 4 nitrogen and oxygen atoms in total. The molecule has 5 heteroatoms. The predicted molar refractivity (Wildman–Crippen MR) is 70.0 cm³/mol. The SMILES string of the molecule is COc1cccc(-c2cc3c(Cl)nccn3n2)c1. The van der Waals surface area contributed by atoms with Crippen LogP contribution in [0.4, 0.5) is 0 Å². The molecule has 0 saturated carbocycles. The Balaban J connectivity index is 2.16. The summed E-state index contributed by atoms with van der Waals surface area (Å²) in [5.74, 6) is 0.800. The summed E-state index contributed by atoms with van der Waals surface area (Å²) in [6.45, 7) is 0. The second kappa shape index (κ2) is 4.31. The Morgan fingerprint density at radius 2 is 2.17 bits per heavy atom. The Morgan fingerprint density at radius 1 is 1.28 bits per heavy atom. The Hall–Kier alpha value is -2.07. The van der Waals surface area contributed by atoms with Crippen molar-refractivity contribution in [2.45, 2.75) is 0 Å². The van der Waals surface area contributed by atoms with Crippen LogP contribution < -0.4 is 4.74 Å². The maximum Gasteiger partial charge on any atom is 0.154 e. The molecule has 18 heavy (non-hydrogen) atoms. The minimum absolute atomic E-state index is 0.444. The highest BCUT2D eigenvalue weighted by Gasteiger charge is 2.08. The zero-order chi connectivity index (χ0) is 12.5. The number of hydrogen-bond donors (Lipinski definition) is 0. The average Bonchev–Trinajstić information content (AvgIpc) is 2.84. The zero-order valence-electron chi connectivity index (χ0n) is 9.67. The van der Waals surface area contributed by atoms with Gasteiger partial charge in [-0.3, -0.25) is 0 Å². The normalized spacial score (nSPS) is 10.8. The molecule has 0 fully saturated rings. The van der Waals surface area contributed by atoms with Crippen LogP contribution in [0.25, 0.3) is 16.8 Å². The maximum atomic E-state index is 6.02. The third kappa shape index (κ3) is 1.80. The number of methoxy groups -OCH3 is 1. The van der Waals surface area contributed by atoms with Gasteiger partial charge in [0.2, 0.25) is 0 Å². The fourth-order valence-electron chi connectivity index (χ4n) is 1.81. The number of ether oxygens (including phenoxy) is 1. The van der Waals surface area contributed by atoms with Gasteiger partial charge in [-0.15, -0.1) is 0 Å². The van der Waals surface area contributed by atoms with Gasteiger partial charge in [-0.2, -0.15) is 5.10 Å². The van der Waals surface area contributed by atoms with E-state index in [1.165, 1.54) is 0 Å². The maximum absolute atomic E-state index is 6.02. The minimum atomic E-state index is 0.444. The standard InChI is InChI=1S/C13H10ClN3O/c1-18-10-4-2-3-9(7-10)11-8-12-13(14)15-5-6-17(12)16-11/h2-8H,1H3. The van der Waals surface area contributed by atoms with Crippen molar-refractivity contribution < 1.29 is 4.74 Å². The van der Waals surface area contributed by atoms with Crippen LogP contribution in [0.2, 0.25) is 5.15 Å². The third-order valence-electron chi connectivity index (χ3n) is 2.71. The van der Waals surface area contributed by atoms with Crippen LogP contribution in [0.1, 0.15) is 0 Å². The molecule has 0 N–H and O–H groups in total. The smallest absolute Gasteiger partial charge is 0.154 e.